The average Bonchev–Trinajstić information content (AvgIpc) is 2.54. The van der Waals surface area contributed by atoms with Crippen LogP contribution in [0.15, 0.2) is 0 Å². The molecule has 1 saturated heterocycles. The van der Waals surface area contributed by atoms with Gasteiger partial charge in [0.05, 0.1) is 25.7 Å². The third-order valence-corrected chi connectivity index (χ3v) is 2.14. The quantitative estimate of drug-likeness (QED) is 0.637. The molecule has 0 radical (unpaired) electrons. The fourth-order valence-electron chi connectivity index (χ4n) is 1.50. The first-order chi connectivity index (χ1) is 6.29. The summed E-state index contributed by atoms with van der Waals surface area (Å²) in [4.78, 5) is 11.4. The van der Waals surface area contributed by atoms with Crippen LogP contribution in [0.5, 0.6) is 0 Å². The summed E-state index contributed by atoms with van der Waals surface area (Å²) in [5, 5.41) is 3.21. The Kier molecular flexibility index (Phi) is 4.18. The Morgan fingerprint density at radius 1 is 1.54 bits per heavy atom. The molecule has 13 heavy (non-hydrogen) atoms. The van der Waals surface area contributed by atoms with E-state index in [0.29, 0.717) is 19.8 Å². The highest BCUT2D eigenvalue weighted by Crippen LogP contribution is 2.15. The second kappa shape index (κ2) is 5.19. The molecule has 2 unspecified atom stereocenters. The van der Waals surface area contributed by atoms with Crippen molar-refractivity contribution >= 4 is 5.97 Å². The van der Waals surface area contributed by atoms with Crippen LogP contribution in [0.4, 0.5) is 0 Å². The van der Waals surface area contributed by atoms with Gasteiger partial charge in [-0.2, -0.15) is 0 Å². The minimum Gasteiger partial charge on any atom is -0.466 e. The molecule has 0 amide bonds. The molecule has 0 saturated carbocycles. The number of hydrogen-bond acceptors (Lipinski definition) is 4. The highest BCUT2D eigenvalue weighted by molar-refractivity contribution is 5.73. The predicted molar refractivity (Wildman–Crippen MR) is 48.4 cm³/mol. The molecule has 1 fully saturated rings. The van der Waals surface area contributed by atoms with Gasteiger partial charge >= 0.3 is 5.97 Å². The molecule has 0 aromatic heterocycles. The first-order valence-electron chi connectivity index (χ1n) is 4.77. The lowest BCUT2D eigenvalue weighted by molar-refractivity contribution is -0.148. The van der Waals surface area contributed by atoms with Gasteiger partial charge in [-0.1, -0.05) is 6.92 Å². The lowest BCUT2D eigenvalue weighted by atomic mass is 10.0. The molecule has 0 spiro atoms. The summed E-state index contributed by atoms with van der Waals surface area (Å²) in [6, 6.07) is 0.129. The van der Waals surface area contributed by atoms with Crippen molar-refractivity contribution in [1.82, 2.24) is 5.32 Å². The Labute approximate surface area is 78.6 Å². The summed E-state index contributed by atoms with van der Waals surface area (Å²) in [5.41, 5.74) is 0. The van der Waals surface area contributed by atoms with Crippen LogP contribution in [0.1, 0.15) is 13.8 Å². The van der Waals surface area contributed by atoms with Crippen LogP contribution >= 0.6 is 0 Å². The van der Waals surface area contributed by atoms with Gasteiger partial charge < -0.3 is 14.8 Å². The SMILES string of the molecule is CCNC1COCC1C(=O)OCC. The number of hydrogen-bond donors (Lipinski definition) is 1. The molecule has 0 aliphatic carbocycles. The molecule has 4 nitrogen and oxygen atoms in total. The fraction of sp³-hybridized carbons (Fsp3) is 0.889. The van der Waals surface area contributed by atoms with Crippen molar-refractivity contribution in [2.75, 3.05) is 26.4 Å². The monoisotopic (exact) mass is 187 g/mol. The normalized spacial score (nSPS) is 27.5. The van der Waals surface area contributed by atoms with E-state index in [2.05, 4.69) is 5.32 Å². The zero-order chi connectivity index (χ0) is 9.68. The highest BCUT2D eigenvalue weighted by Gasteiger charge is 2.34. The maximum atomic E-state index is 11.4. The van der Waals surface area contributed by atoms with E-state index in [1.165, 1.54) is 0 Å². The van der Waals surface area contributed by atoms with Crippen LogP contribution < -0.4 is 5.32 Å². The van der Waals surface area contributed by atoms with E-state index in [9.17, 15) is 4.79 Å². The summed E-state index contributed by atoms with van der Waals surface area (Å²) >= 11 is 0. The molecule has 2 atom stereocenters. The van der Waals surface area contributed by atoms with Gasteiger partial charge in [-0.15, -0.1) is 0 Å². The summed E-state index contributed by atoms with van der Waals surface area (Å²) in [6.45, 7) is 6.21. The lowest BCUT2D eigenvalue weighted by Crippen LogP contribution is -2.39. The van der Waals surface area contributed by atoms with Crippen molar-refractivity contribution < 1.29 is 14.3 Å². The van der Waals surface area contributed by atoms with Crippen molar-refractivity contribution in [3.63, 3.8) is 0 Å². The summed E-state index contributed by atoms with van der Waals surface area (Å²) in [7, 11) is 0. The van der Waals surface area contributed by atoms with E-state index >= 15 is 0 Å². The third kappa shape index (κ3) is 2.67. The Bertz CT molecular complexity index is 172. The minimum absolute atomic E-state index is 0.125. The van der Waals surface area contributed by atoms with E-state index in [4.69, 9.17) is 9.47 Å². The van der Waals surface area contributed by atoms with Crippen molar-refractivity contribution in [3.05, 3.63) is 0 Å². The summed E-state index contributed by atoms with van der Waals surface area (Å²) in [5.74, 6) is -0.272. The fourth-order valence-corrected chi connectivity index (χ4v) is 1.50. The zero-order valence-electron chi connectivity index (χ0n) is 8.21. The number of nitrogens with one attached hydrogen (secondary N) is 1. The molecule has 1 heterocycles. The van der Waals surface area contributed by atoms with Gasteiger partial charge in [0.25, 0.3) is 0 Å². The molecule has 0 bridgehead atoms. The van der Waals surface area contributed by atoms with Crippen LogP contribution in [0.3, 0.4) is 0 Å². The number of esters is 1. The zero-order valence-corrected chi connectivity index (χ0v) is 8.21. The van der Waals surface area contributed by atoms with Gasteiger partial charge in [-0.05, 0) is 13.5 Å². The first kappa shape index (κ1) is 10.5. The number of ether oxygens (including phenoxy) is 2. The largest absolute Gasteiger partial charge is 0.466 e. The predicted octanol–water partition coefficient (Wildman–Crippen LogP) is 0.174. The van der Waals surface area contributed by atoms with E-state index in [1.54, 1.807) is 0 Å². The Balaban J connectivity index is 2.42. The Morgan fingerprint density at radius 2 is 2.31 bits per heavy atom. The van der Waals surface area contributed by atoms with Gasteiger partial charge in [-0.3, -0.25) is 4.79 Å². The van der Waals surface area contributed by atoms with Crippen molar-refractivity contribution in [2.45, 2.75) is 19.9 Å². The minimum atomic E-state index is -0.147. The smallest absolute Gasteiger partial charge is 0.312 e. The van der Waals surface area contributed by atoms with Crippen molar-refractivity contribution in [2.24, 2.45) is 5.92 Å². The van der Waals surface area contributed by atoms with Gasteiger partial charge in [0.2, 0.25) is 0 Å². The highest BCUT2D eigenvalue weighted by atomic mass is 16.5. The molecule has 76 valence electrons. The van der Waals surface area contributed by atoms with E-state index in [0.717, 1.165) is 6.54 Å². The molecule has 1 rings (SSSR count). The molecule has 0 aromatic rings. The number of carbonyl (C=O) groups excluding carboxylic acids is 1. The van der Waals surface area contributed by atoms with E-state index in [-0.39, 0.29) is 17.9 Å². The van der Waals surface area contributed by atoms with Crippen LogP contribution in [0.25, 0.3) is 0 Å². The second-order valence-corrected chi connectivity index (χ2v) is 3.06. The first-order valence-corrected chi connectivity index (χ1v) is 4.77. The van der Waals surface area contributed by atoms with E-state index in [1.807, 2.05) is 13.8 Å². The second-order valence-electron chi connectivity index (χ2n) is 3.06. The van der Waals surface area contributed by atoms with Crippen LogP contribution in [-0.4, -0.2) is 38.4 Å². The van der Waals surface area contributed by atoms with Gasteiger partial charge in [0.15, 0.2) is 0 Å². The Hall–Kier alpha value is -0.610. The maximum absolute atomic E-state index is 11.4. The average molecular weight is 187 g/mol. The summed E-state index contributed by atoms with van der Waals surface area (Å²) in [6.07, 6.45) is 0. The maximum Gasteiger partial charge on any atom is 0.312 e. The number of rotatable bonds is 4. The van der Waals surface area contributed by atoms with Crippen molar-refractivity contribution in [1.29, 1.82) is 0 Å². The Morgan fingerprint density at radius 3 is 2.92 bits per heavy atom. The van der Waals surface area contributed by atoms with Gasteiger partial charge in [-0.25, -0.2) is 0 Å². The lowest BCUT2D eigenvalue weighted by Gasteiger charge is -2.16. The molecule has 1 aliphatic heterocycles. The molecule has 1 aliphatic rings. The molecular formula is C9H17NO3. The van der Waals surface area contributed by atoms with Crippen molar-refractivity contribution in [3.8, 4) is 0 Å². The number of carbonyl (C=O) groups is 1. The van der Waals surface area contributed by atoms with Gasteiger partial charge in [0, 0.05) is 6.04 Å². The van der Waals surface area contributed by atoms with Crippen LogP contribution in [0.2, 0.25) is 0 Å². The molecule has 0 aromatic carbocycles. The number of likely N-dealkylation sites (N-methyl/N-ethyl adjacent to an activating group) is 1. The van der Waals surface area contributed by atoms with Crippen LogP contribution in [-0.2, 0) is 14.3 Å². The molecule has 4 heteroatoms. The van der Waals surface area contributed by atoms with Gasteiger partial charge in [0.1, 0.15) is 0 Å². The molecule has 1 N–H and O–H groups in total. The van der Waals surface area contributed by atoms with Crippen LogP contribution in [0, 0.1) is 5.92 Å². The molecular weight excluding hydrogens is 170 g/mol. The summed E-state index contributed by atoms with van der Waals surface area (Å²) < 4.78 is 10.2. The standard InChI is InChI=1S/C9H17NO3/c1-3-10-8-6-12-5-7(8)9(11)13-4-2/h7-8,10H,3-6H2,1-2H3. The topological polar surface area (TPSA) is 47.6 Å². The third-order valence-electron chi connectivity index (χ3n) is 2.14. The van der Waals surface area contributed by atoms with E-state index < -0.39 is 0 Å².